The molecule has 0 aromatic heterocycles. The lowest BCUT2D eigenvalue weighted by molar-refractivity contribution is 0.463. The molecule has 21 heavy (non-hydrogen) atoms. The first kappa shape index (κ1) is 16.4. The van der Waals surface area contributed by atoms with E-state index in [1.54, 1.807) is 12.1 Å². The van der Waals surface area contributed by atoms with Crippen molar-refractivity contribution >= 4 is 31.9 Å². The molecule has 112 valence electrons. The zero-order valence-electron chi connectivity index (χ0n) is 11.2. The van der Waals surface area contributed by atoms with Crippen LogP contribution < -0.4 is 4.74 Å². The lowest BCUT2D eigenvalue weighted by Crippen LogP contribution is -1.98. The zero-order valence-corrected chi connectivity index (χ0v) is 14.4. The summed E-state index contributed by atoms with van der Waals surface area (Å²) < 4.78 is 32.6. The molecule has 0 heterocycles. The molecule has 0 aliphatic heterocycles. The second-order valence-electron chi connectivity index (χ2n) is 4.48. The van der Waals surface area contributed by atoms with Crippen LogP contribution >= 0.6 is 31.9 Å². The molecular weight excluding hydrogens is 406 g/mol. The summed E-state index contributed by atoms with van der Waals surface area (Å²) in [7, 11) is 0. The van der Waals surface area contributed by atoms with Crippen LogP contribution in [0.25, 0.3) is 0 Å². The van der Waals surface area contributed by atoms with Crippen molar-refractivity contribution in [3.8, 4) is 11.5 Å². The van der Waals surface area contributed by atoms with E-state index in [1.807, 2.05) is 0 Å². The Balaban J connectivity index is 2.35. The molecule has 2 aromatic carbocycles. The Morgan fingerprint density at radius 2 is 1.38 bits per heavy atom. The van der Waals surface area contributed by atoms with Gasteiger partial charge in [-0.15, -0.1) is 0 Å². The van der Waals surface area contributed by atoms with Gasteiger partial charge >= 0.3 is 0 Å². The molecule has 0 N–H and O–H groups in total. The van der Waals surface area contributed by atoms with Crippen molar-refractivity contribution < 1.29 is 13.5 Å². The van der Waals surface area contributed by atoms with Crippen molar-refractivity contribution in [2.45, 2.75) is 12.8 Å². The fourth-order valence-electron chi connectivity index (χ4n) is 1.99. The molecule has 2 rings (SSSR count). The van der Waals surface area contributed by atoms with Crippen molar-refractivity contribution in [3.05, 3.63) is 59.2 Å². The van der Waals surface area contributed by atoms with Gasteiger partial charge in [0.05, 0.1) is 0 Å². The lowest BCUT2D eigenvalue weighted by Gasteiger charge is -2.14. The molecule has 0 saturated carbocycles. The molecule has 0 bridgehead atoms. The standard InChI is InChI=1S/C16H14Br2F2O/c17-7-5-11-1-2-14(20)10-16(11)21-15-4-3-13(19)9-12(15)6-8-18/h1-4,9-10H,5-8H2. The molecule has 0 atom stereocenters. The van der Waals surface area contributed by atoms with E-state index in [4.69, 9.17) is 4.74 Å². The molecule has 0 amide bonds. The zero-order chi connectivity index (χ0) is 15.2. The minimum Gasteiger partial charge on any atom is -0.457 e. The van der Waals surface area contributed by atoms with Crippen molar-refractivity contribution in [2.24, 2.45) is 0 Å². The van der Waals surface area contributed by atoms with Crippen LogP contribution in [0.3, 0.4) is 0 Å². The maximum absolute atomic E-state index is 13.4. The molecular formula is C16H14Br2F2O. The Morgan fingerprint density at radius 3 is 2.10 bits per heavy atom. The second kappa shape index (κ2) is 7.90. The molecule has 0 radical (unpaired) electrons. The van der Waals surface area contributed by atoms with Gasteiger partial charge in [-0.05, 0) is 48.2 Å². The van der Waals surface area contributed by atoms with E-state index < -0.39 is 0 Å². The highest BCUT2D eigenvalue weighted by Gasteiger charge is 2.10. The first-order valence-electron chi connectivity index (χ1n) is 6.50. The number of benzene rings is 2. The van der Waals surface area contributed by atoms with Crippen LogP contribution in [-0.2, 0) is 12.8 Å². The summed E-state index contributed by atoms with van der Waals surface area (Å²) in [5, 5.41) is 1.46. The van der Waals surface area contributed by atoms with Gasteiger partial charge in [0.25, 0.3) is 0 Å². The van der Waals surface area contributed by atoms with Gasteiger partial charge in [0, 0.05) is 16.7 Å². The number of halogens is 4. The Bertz CT molecular complexity index is 617. The predicted molar refractivity (Wildman–Crippen MR) is 87.9 cm³/mol. The minimum absolute atomic E-state index is 0.307. The van der Waals surface area contributed by atoms with Crippen LogP contribution in [0, 0.1) is 11.6 Å². The van der Waals surface area contributed by atoms with E-state index >= 15 is 0 Å². The van der Waals surface area contributed by atoms with E-state index in [-0.39, 0.29) is 11.6 Å². The fourth-order valence-corrected chi connectivity index (χ4v) is 2.85. The van der Waals surface area contributed by atoms with Crippen LogP contribution in [0.5, 0.6) is 11.5 Å². The molecule has 2 aromatic rings. The number of hydrogen-bond donors (Lipinski definition) is 0. The van der Waals surface area contributed by atoms with Crippen molar-refractivity contribution in [1.29, 1.82) is 0 Å². The summed E-state index contributed by atoms with van der Waals surface area (Å²) in [5.74, 6) is 0.361. The molecule has 5 heteroatoms. The monoisotopic (exact) mass is 418 g/mol. The second-order valence-corrected chi connectivity index (χ2v) is 6.07. The summed E-state index contributed by atoms with van der Waals surface area (Å²) >= 11 is 6.70. The van der Waals surface area contributed by atoms with E-state index in [2.05, 4.69) is 31.9 Å². The number of ether oxygens (including phenoxy) is 1. The normalized spacial score (nSPS) is 10.7. The molecule has 0 saturated heterocycles. The van der Waals surface area contributed by atoms with E-state index in [0.29, 0.717) is 23.2 Å². The summed E-state index contributed by atoms with van der Waals surface area (Å²) in [6.45, 7) is 0. The van der Waals surface area contributed by atoms with E-state index in [1.165, 1.54) is 24.3 Å². The van der Waals surface area contributed by atoms with Gasteiger partial charge in [-0.1, -0.05) is 37.9 Å². The predicted octanol–water partition coefficient (Wildman–Crippen LogP) is 5.63. The molecule has 0 aliphatic rings. The third-order valence-electron chi connectivity index (χ3n) is 3.00. The number of hydrogen-bond acceptors (Lipinski definition) is 1. The molecule has 0 fully saturated rings. The Morgan fingerprint density at radius 1 is 0.762 bits per heavy atom. The average molecular weight is 420 g/mol. The summed E-state index contributed by atoms with van der Waals surface area (Å²) in [6.07, 6.45) is 1.36. The smallest absolute Gasteiger partial charge is 0.133 e. The van der Waals surface area contributed by atoms with Crippen LogP contribution in [0.1, 0.15) is 11.1 Å². The highest BCUT2D eigenvalue weighted by atomic mass is 79.9. The average Bonchev–Trinajstić information content (AvgIpc) is 2.45. The van der Waals surface area contributed by atoms with Gasteiger partial charge < -0.3 is 4.74 Å². The van der Waals surface area contributed by atoms with Crippen LogP contribution in [-0.4, -0.2) is 10.7 Å². The summed E-state index contributed by atoms with van der Waals surface area (Å²) in [4.78, 5) is 0. The number of aryl methyl sites for hydroxylation is 2. The highest BCUT2D eigenvalue weighted by molar-refractivity contribution is 9.09. The van der Waals surface area contributed by atoms with Gasteiger partial charge in [-0.25, -0.2) is 8.78 Å². The van der Waals surface area contributed by atoms with Gasteiger partial charge in [0.15, 0.2) is 0 Å². The maximum atomic E-state index is 13.4. The first-order valence-corrected chi connectivity index (χ1v) is 8.75. The van der Waals surface area contributed by atoms with E-state index in [9.17, 15) is 8.78 Å². The van der Waals surface area contributed by atoms with Crippen LogP contribution in [0.15, 0.2) is 36.4 Å². The van der Waals surface area contributed by atoms with Crippen molar-refractivity contribution in [2.75, 3.05) is 10.7 Å². The van der Waals surface area contributed by atoms with Gasteiger partial charge in [-0.2, -0.15) is 0 Å². The fraction of sp³-hybridized carbons (Fsp3) is 0.250. The highest BCUT2D eigenvalue weighted by Crippen LogP contribution is 2.30. The minimum atomic E-state index is -0.354. The Kier molecular flexibility index (Phi) is 6.18. The van der Waals surface area contributed by atoms with Crippen LogP contribution in [0.2, 0.25) is 0 Å². The van der Waals surface area contributed by atoms with Crippen LogP contribution in [0.4, 0.5) is 8.78 Å². The van der Waals surface area contributed by atoms with Crippen molar-refractivity contribution in [3.63, 3.8) is 0 Å². The Labute approximate surface area is 139 Å². The SMILES string of the molecule is Fc1ccc(Oc2cc(F)ccc2CCBr)c(CCBr)c1. The number of alkyl halides is 2. The maximum Gasteiger partial charge on any atom is 0.133 e. The van der Waals surface area contributed by atoms with Gasteiger partial charge in [0.1, 0.15) is 23.1 Å². The van der Waals surface area contributed by atoms with Crippen molar-refractivity contribution in [1.82, 2.24) is 0 Å². The first-order chi connectivity index (χ1) is 10.1. The quantitative estimate of drug-likeness (QED) is 0.551. The third-order valence-corrected chi connectivity index (χ3v) is 3.79. The molecule has 0 aliphatic carbocycles. The molecule has 0 unspecified atom stereocenters. The summed E-state index contributed by atoms with van der Waals surface area (Å²) in [5.41, 5.74) is 1.66. The van der Waals surface area contributed by atoms with Gasteiger partial charge in [-0.3, -0.25) is 0 Å². The van der Waals surface area contributed by atoms with Gasteiger partial charge in [0.2, 0.25) is 0 Å². The topological polar surface area (TPSA) is 9.23 Å². The molecule has 0 spiro atoms. The third kappa shape index (κ3) is 4.51. The van der Waals surface area contributed by atoms with E-state index in [0.717, 1.165) is 22.9 Å². The number of rotatable bonds is 6. The lowest BCUT2D eigenvalue weighted by atomic mass is 10.1. The largest absolute Gasteiger partial charge is 0.457 e. The summed E-state index contributed by atoms with van der Waals surface area (Å²) in [6, 6.07) is 8.85. The Hall–Kier alpha value is -0.940. The molecule has 1 nitrogen and oxygen atoms in total.